The van der Waals surface area contributed by atoms with Crippen LogP contribution in [0, 0.1) is 0 Å². The molecule has 2 rings (SSSR count). The van der Waals surface area contributed by atoms with Crippen LogP contribution in [0.2, 0.25) is 0 Å². The Labute approximate surface area is 118 Å². The van der Waals surface area contributed by atoms with Crippen molar-refractivity contribution in [1.82, 2.24) is 9.80 Å². The number of halogens is 1. The van der Waals surface area contributed by atoms with Gasteiger partial charge in [0.05, 0.1) is 0 Å². The molecule has 1 fully saturated rings. The second-order valence-corrected chi connectivity index (χ2v) is 6.11. The van der Waals surface area contributed by atoms with E-state index in [4.69, 9.17) is 5.73 Å². The number of piperazine rings is 1. The molecule has 0 saturated carbocycles. The highest BCUT2D eigenvalue weighted by Crippen LogP contribution is 2.22. The minimum Gasteiger partial charge on any atom is -0.399 e. The smallest absolute Gasteiger partial charge is 0.0325 e. The highest BCUT2D eigenvalue weighted by atomic mass is 79.9. The normalized spacial score (nSPS) is 18.4. The highest BCUT2D eigenvalue weighted by molar-refractivity contribution is 9.10. The van der Waals surface area contributed by atoms with Crippen molar-refractivity contribution in [3.05, 3.63) is 28.2 Å². The Kier molecular flexibility index (Phi) is 4.65. The summed E-state index contributed by atoms with van der Waals surface area (Å²) >= 11 is 3.59. The number of hydrogen-bond donors (Lipinski definition) is 1. The molecule has 0 atom stereocenters. The molecule has 1 aromatic rings. The van der Waals surface area contributed by atoms with E-state index in [2.05, 4.69) is 45.6 Å². The van der Waals surface area contributed by atoms with Gasteiger partial charge in [0, 0.05) is 48.9 Å². The number of rotatable bonds is 3. The summed E-state index contributed by atoms with van der Waals surface area (Å²) < 4.78 is 1.12. The fourth-order valence-electron chi connectivity index (χ4n) is 2.37. The highest BCUT2D eigenvalue weighted by Gasteiger charge is 2.19. The lowest BCUT2D eigenvalue weighted by molar-refractivity contribution is 0.104. The van der Waals surface area contributed by atoms with E-state index in [9.17, 15) is 0 Å². The minimum atomic E-state index is 0.662. The van der Waals surface area contributed by atoms with Gasteiger partial charge in [0.15, 0.2) is 0 Å². The van der Waals surface area contributed by atoms with E-state index in [1.807, 2.05) is 12.1 Å². The van der Waals surface area contributed by atoms with Crippen molar-refractivity contribution < 1.29 is 0 Å². The number of nitrogens with two attached hydrogens (primary N) is 1. The zero-order valence-corrected chi connectivity index (χ0v) is 12.8. The standard InChI is InChI=1S/C14H22BrN3/c1-11(2)18-7-5-17(6-8-18)10-12-3-4-13(16)9-14(12)15/h3-4,9,11H,5-8,10,16H2,1-2H3. The zero-order valence-electron chi connectivity index (χ0n) is 11.2. The zero-order chi connectivity index (χ0) is 13.1. The van der Waals surface area contributed by atoms with Gasteiger partial charge in [-0.3, -0.25) is 9.80 Å². The molecule has 0 bridgehead atoms. The van der Waals surface area contributed by atoms with Crippen LogP contribution in [0.5, 0.6) is 0 Å². The van der Waals surface area contributed by atoms with E-state index in [1.54, 1.807) is 0 Å². The Morgan fingerprint density at radius 2 is 1.89 bits per heavy atom. The first-order valence-corrected chi connectivity index (χ1v) is 7.36. The van der Waals surface area contributed by atoms with Crippen LogP contribution >= 0.6 is 15.9 Å². The van der Waals surface area contributed by atoms with Crippen LogP contribution in [0.3, 0.4) is 0 Å². The molecule has 18 heavy (non-hydrogen) atoms. The van der Waals surface area contributed by atoms with Crippen molar-refractivity contribution in [2.24, 2.45) is 0 Å². The second kappa shape index (κ2) is 6.04. The first-order valence-electron chi connectivity index (χ1n) is 6.56. The van der Waals surface area contributed by atoms with E-state index in [-0.39, 0.29) is 0 Å². The molecule has 3 nitrogen and oxygen atoms in total. The van der Waals surface area contributed by atoms with E-state index >= 15 is 0 Å². The predicted molar refractivity (Wildman–Crippen MR) is 80.5 cm³/mol. The van der Waals surface area contributed by atoms with Crippen LogP contribution in [-0.2, 0) is 6.54 Å². The summed E-state index contributed by atoms with van der Waals surface area (Å²) in [5, 5.41) is 0. The van der Waals surface area contributed by atoms with Gasteiger partial charge in [-0.25, -0.2) is 0 Å². The molecule has 2 N–H and O–H groups in total. The SMILES string of the molecule is CC(C)N1CCN(Cc2ccc(N)cc2Br)CC1. The third kappa shape index (κ3) is 3.46. The van der Waals surface area contributed by atoms with E-state index < -0.39 is 0 Å². The summed E-state index contributed by atoms with van der Waals surface area (Å²) in [5.41, 5.74) is 7.90. The molecule has 0 unspecified atom stereocenters. The Morgan fingerprint density at radius 1 is 1.22 bits per heavy atom. The lowest BCUT2D eigenvalue weighted by Gasteiger charge is -2.37. The molecule has 1 heterocycles. The molecule has 0 amide bonds. The van der Waals surface area contributed by atoms with Crippen LogP contribution in [0.25, 0.3) is 0 Å². The number of benzene rings is 1. The third-order valence-corrected chi connectivity index (χ3v) is 4.35. The molecule has 1 saturated heterocycles. The van der Waals surface area contributed by atoms with Crippen molar-refractivity contribution in [2.75, 3.05) is 31.9 Å². The van der Waals surface area contributed by atoms with Crippen LogP contribution in [0.4, 0.5) is 5.69 Å². The monoisotopic (exact) mass is 311 g/mol. The first-order chi connectivity index (χ1) is 8.56. The van der Waals surface area contributed by atoms with Gasteiger partial charge in [0.1, 0.15) is 0 Å². The summed E-state index contributed by atoms with van der Waals surface area (Å²) in [6.07, 6.45) is 0. The van der Waals surface area contributed by atoms with Gasteiger partial charge in [-0.15, -0.1) is 0 Å². The largest absolute Gasteiger partial charge is 0.399 e. The average molecular weight is 312 g/mol. The Hall–Kier alpha value is -0.580. The first kappa shape index (κ1) is 13.8. The quantitative estimate of drug-likeness (QED) is 0.871. The molecule has 1 aliphatic rings. The number of nitrogen functional groups attached to an aromatic ring is 1. The van der Waals surface area contributed by atoms with Crippen molar-refractivity contribution in [2.45, 2.75) is 26.4 Å². The summed E-state index contributed by atoms with van der Waals surface area (Å²) in [4.78, 5) is 5.05. The molecule has 0 aliphatic carbocycles. The lowest BCUT2D eigenvalue weighted by Crippen LogP contribution is -2.48. The molecule has 1 aliphatic heterocycles. The van der Waals surface area contributed by atoms with Gasteiger partial charge in [-0.1, -0.05) is 22.0 Å². The molecular weight excluding hydrogens is 290 g/mol. The maximum Gasteiger partial charge on any atom is 0.0325 e. The minimum absolute atomic E-state index is 0.662. The van der Waals surface area contributed by atoms with Gasteiger partial charge in [0.25, 0.3) is 0 Å². The van der Waals surface area contributed by atoms with Gasteiger partial charge in [-0.2, -0.15) is 0 Å². The van der Waals surface area contributed by atoms with Crippen molar-refractivity contribution >= 4 is 21.6 Å². The fraction of sp³-hybridized carbons (Fsp3) is 0.571. The van der Waals surface area contributed by atoms with Gasteiger partial charge in [-0.05, 0) is 31.5 Å². The molecule has 0 aromatic heterocycles. The molecule has 100 valence electrons. The van der Waals surface area contributed by atoms with Crippen LogP contribution in [0.1, 0.15) is 19.4 Å². The van der Waals surface area contributed by atoms with Crippen molar-refractivity contribution in [3.63, 3.8) is 0 Å². The van der Waals surface area contributed by atoms with Gasteiger partial charge >= 0.3 is 0 Å². The number of nitrogens with zero attached hydrogens (tertiary/aromatic N) is 2. The topological polar surface area (TPSA) is 32.5 Å². The van der Waals surface area contributed by atoms with Crippen LogP contribution in [0.15, 0.2) is 22.7 Å². The Balaban J connectivity index is 1.91. The van der Waals surface area contributed by atoms with Crippen molar-refractivity contribution in [3.8, 4) is 0 Å². The number of anilines is 1. The summed E-state index contributed by atoms with van der Waals surface area (Å²) in [7, 11) is 0. The Morgan fingerprint density at radius 3 is 2.44 bits per heavy atom. The second-order valence-electron chi connectivity index (χ2n) is 5.26. The number of hydrogen-bond acceptors (Lipinski definition) is 3. The fourth-order valence-corrected chi connectivity index (χ4v) is 2.89. The summed E-state index contributed by atoms with van der Waals surface area (Å²) in [5.74, 6) is 0. The predicted octanol–water partition coefficient (Wildman–Crippen LogP) is 2.56. The maximum absolute atomic E-state index is 5.76. The van der Waals surface area contributed by atoms with Crippen molar-refractivity contribution in [1.29, 1.82) is 0 Å². The molecule has 0 radical (unpaired) electrons. The van der Waals surface area contributed by atoms with E-state index in [0.29, 0.717) is 6.04 Å². The van der Waals surface area contributed by atoms with Crippen LogP contribution < -0.4 is 5.73 Å². The summed E-state index contributed by atoms with van der Waals surface area (Å²) in [6, 6.07) is 6.74. The van der Waals surface area contributed by atoms with E-state index in [1.165, 1.54) is 18.7 Å². The Bertz CT molecular complexity index is 398. The molecule has 1 aromatic carbocycles. The van der Waals surface area contributed by atoms with Gasteiger partial charge in [0.2, 0.25) is 0 Å². The lowest BCUT2D eigenvalue weighted by atomic mass is 10.1. The molecular formula is C14H22BrN3. The maximum atomic E-state index is 5.76. The average Bonchev–Trinajstić information content (AvgIpc) is 2.33. The van der Waals surface area contributed by atoms with E-state index in [0.717, 1.165) is 29.8 Å². The van der Waals surface area contributed by atoms with Crippen LogP contribution in [-0.4, -0.2) is 42.0 Å². The third-order valence-electron chi connectivity index (χ3n) is 3.61. The molecule has 4 heteroatoms. The molecule has 0 spiro atoms. The summed E-state index contributed by atoms with van der Waals surface area (Å²) in [6.45, 7) is 10.2. The van der Waals surface area contributed by atoms with Gasteiger partial charge < -0.3 is 5.73 Å².